The fourth-order valence-corrected chi connectivity index (χ4v) is 3.26. The van der Waals surface area contributed by atoms with Crippen LogP contribution in [-0.4, -0.2) is 31.5 Å². The van der Waals surface area contributed by atoms with Crippen molar-refractivity contribution in [2.24, 2.45) is 0 Å². The van der Waals surface area contributed by atoms with E-state index in [9.17, 15) is 0 Å². The van der Waals surface area contributed by atoms with Crippen molar-refractivity contribution in [3.8, 4) is 0 Å². The minimum atomic E-state index is -0.374. The number of rotatable bonds is 2. The summed E-state index contributed by atoms with van der Waals surface area (Å²) in [5.74, 6) is 0.389. The molecule has 1 unspecified atom stereocenters. The van der Waals surface area contributed by atoms with Gasteiger partial charge in [0.25, 0.3) is 0 Å². The lowest BCUT2D eigenvalue weighted by Crippen LogP contribution is -2.41. The van der Waals surface area contributed by atoms with Crippen molar-refractivity contribution < 1.29 is 14.0 Å². The van der Waals surface area contributed by atoms with E-state index in [1.807, 2.05) is 12.1 Å². The molecular weight excluding hydrogens is 298 g/mol. The lowest BCUT2D eigenvalue weighted by Gasteiger charge is -2.32. The molecule has 2 fully saturated rings. The maximum absolute atomic E-state index is 6.23. The third-order valence-corrected chi connectivity index (χ3v) is 5.39. The van der Waals surface area contributed by atoms with Gasteiger partial charge in [0, 0.05) is 17.5 Å². The third-order valence-electron chi connectivity index (χ3n) is 5.16. The zero-order valence-corrected chi connectivity index (χ0v) is 14.6. The van der Waals surface area contributed by atoms with Crippen LogP contribution in [0.3, 0.4) is 0 Å². The highest BCUT2D eigenvalue weighted by Gasteiger charge is 2.52. The van der Waals surface area contributed by atoms with Crippen LogP contribution < -0.4 is 5.46 Å². The number of ether oxygens (including phenoxy) is 1. The zero-order chi connectivity index (χ0) is 16.0. The molecule has 2 heterocycles. The van der Waals surface area contributed by atoms with Gasteiger partial charge in [-0.2, -0.15) is 0 Å². The maximum atomic E-state index is 6.23. The molecule has 0 bridgehead atoms. The van der Waals surface area contributed by atoms with E-state index in [4.69, 9.17) is 25.6 Å². The molecule has 22 heavy (non-hydrogen) atoms. The van der Waals surface area contributed by atoms with Gasteiger partial charge >= 0.3 is 7.12 Å². The fourth-order valence-electron chi connectivity index (χ4n) is 3.08. The van der Waals surface area contributed by atoms with Crippen LogP contribution in [0.2, 0.25) is 5.02 Å². The van der Waals surface area contributed by atoms with Crippen molar-refractivity contribution >= 4 is 24.2 Å². The second-order valence-corrected chi connectivity index (χ2v) is 7.71. The predicted molar refractivity (Wildman–Crippen MR) is 90.0 cm³/mol. The number of halogens is 1. The van der Waals surface area contributed by atoms with E-state index in [-0.39, 0.29) is 18.3 Å². The molecule has 5 heteroatoms. The summed E-state index contributed by atoms with van der Waals surface area (Å²) in [6.07, 6.45) is 2.23. The predicted octanol–water partition coefficient (Wildman–Crippen LogP) is 3.53. The van der Waals surface area contributed by atoms with Crippen LogP contribution >= 0.6 is 11.6 Å². The molecule has 3 nitrogen and oxygen atoms in total. The van der Waals surface area contributed by atoms with Gasteiger partial charge in [0.2, 0.25) is 0 Å². The molecule has 2 saturated heterocycles. The van der Waals surface area contributed by atoms with Crippen molar-refractivity contribution in [2.75, 3.05) is 13.2 Å². The Balaban J connectivity index is 1.94. The van der Waals surface area contributed by atoms with E-state index in [0.29, 0.717) is 10.9 Å². The first-order chi connectivity index (χ1) is 10.3. The molecule has 0 radical (unpaired) electrons. The molecule has 0 saturated carbocycles. The first-order valence-corrected chi connectivity index (χ1v) is 8.41. The smallest absolute Gasteiger partial charge is 0.399 e. The third kappa shape index (κ3) is 2.94. The highest BCUT2D eigenvalue weighted by molar-refractivity contribution is 6.63. The van der Waals surface area contributed by atoms with Crippen LogP contribution in [0.5, 0.6) is 0 Å². The molecule has 2 aliphatic rings. The first kappa shape index (κ1) is 16.3. The molecule has 0 N–H and O–H groups in total. The Hall–Kier alpha value is -0.545. The second kappa shape index (κ2) is 5.83. The summed E-state index contributed by atoms with van der Waals surface area (Å²) in [5, 5.41) is 0.713. The summed E-state index contributed by atoms with van der Waals surface area (Å²) in [6.45, 7) is 9.90. The van der Waals surface area contributed by atoms with Crippen LogP contribution in [0.1, 0.15) is 52.0 Å². The van der Waals surface area contributed by atoms with Crippen LogP contribution in [0.4, 0.5) is 0 Å². The molecule has 1 aromatic carbocycles. The van der Waals surface area contributed by atoms with Crippen LogP contribution in [-0.2, 0) is 14.0 Å². The van der Waals surface area contributed by atoms with Gasteiger partial charge in [-0.3, -0.25) is 0 Å². The zero-order valence-electron chi connectivity index (χ0n) is 13.8. The van der Waals surface area contributed by atoms with Gasteiger partial charge in [-0.15, -0.1) is 0 Å². The molecule has 120 valence electrons. The maximum Gasteiger partial charge on any atom is 0.495 e. The molecule has 0 aromatic heterocycles. The van der Waals surface area contributed by atoms with E-state index in [1.54, 1.807) is 0 Å². The first-order valence-electron chi connectivity index (χ1n) is 8.03. The number of hydrogen-bond donors (Lipinski definition) is 0. The lowest BCUT2D eigenvalue weighted by molar-refractivity contribution is 0.00578. The summed E-state index contributed by atoms with van der Waals surface area (Å²) in [6, 6.07) is 6.02. The minimum Gasteiger partial charge on any atom is -0.399 e. The molecule has 2 aliphatic heterocycles. The van der Waals surface area contributed by atoms with Crippen molar-refractivity contribution in [3.05, 3.63) is 28.8 Å². The van der Waals surface area contributed by atoms with Gasteiger partial charge in [0.1, 0.15) is 0 Å². The highest BCUT2D eigenvalue weighted by atomic mass is 35.5. The average Bonchev–Trinajstić information content (AvgIpc) is 2.68. The SMILES string of the molecule is CC1(C)OB(c2cc(Cl)ccc2C2CCCOC2)OC1(C)C. The standard InChI is InChI=1S/C17H24BClO3/c1-16(2)17(3,4)22-18(21-16)15-10-13(19)7-8-14(15)12-6-5-9-20-11-12/h7-8,10,12H,5-6,9,11H2,1-4H3. The number of hydrogen-bond acceptors (Lipinski definition) is 3. The van der Waals surface area contributed by atoms with Gasteiger partial charge in [0.15, 0.2) is 0 Å². The lowest BCUT2D eigenvalue weighted by atomic mass is 9.72. The van der Waals surface area contributed by atoms with Crippen LogP contribution in [0.15, 0.2) is 18.2 Å². The molecular formula is C17H24BClO3. The van der Waals surface area contributed by atoms with Crippen LogP contribution in [0, 0.1) is 0 Å². The molecule has 1 atom stereocenters. The molecule has 0 amide bonds. The highest BCUT2D eigenvalue weighted by Crippen LogP contribution is 2.37. The van der Waals surface area contributed by atoms with Crippen molar-refractivity contribution in [1.82, 2.24) is 0 Å². The van der Waals surface area contributed by atoms with Gasteiger partial charge < -0.3 is 14.0 Å². The molecule has 0 spiro atoms. The Labute approximate surface area is 138 Å². The van der Waals surface area contributed by atoms with E-state index in [1.165, 1.54) is 5.56 Å². The van der Waals surface area contributed by atoms with E-state index in [2.05, 4.69) is 33.8 Å². The Bertz CT molecular complexity index is 537. The topological polar surface area (TPSA) is 27.7 Å². The van der Waals surface area contributed by atoms with Gasteiger partial charge in [-0.25, -0.2) is 0 Å². The summed E-state index contributed by atoms with van der Waals surface area (Å²) >= 11 is 6.23. The van der Waals surface area contributed by atoms with Gasteiger partial charge in [-0.1, -0.05) is 17.7 Å². The monoisotopic (exact) mass is 322 g/mol. The largest absolute Gasteiger partial charge is 0.495 e. The Kier molecular flexibility index (Phi) is 4.32. The fraction of sp³-hybridized carbons (Fsp3) is 0.647. The quantitative estimate of drug-likeness (QED) is 0.780. The molecule has 1 aromatic rings. The second-order valence-electron chi connectivity index (χ2n) is 7.28. The Morgan fingerprint density at radius 3 is 2.41 bits per heavy atom. The summed E-state index contributed by atoms with van der Waals surface area (Å²) in [7, 11) is -0.374. The Morgan fingerprint density at radius 1 is 1.14 bits per heavy atom. The van der Waals surface area contributed by atoms with Crippen molar-refractivity contribution in [2.45, 2.75) is 57.7 Å². The van der Waals surface area contributed by atoms with Gasteiger partial charge in [0.05, 0.1) is 17.8 Å². The van der Waals surface area contributed by atoms with E-state index in [0.717, 1.165) is 31.5 Å². The summed E-state index contributed by atoms with van der Waals surface area (Å²) < 4.78 is 18.1. The Morgan fingerprint density at radius 2 is 1.82 bits per heavy atom. The average molecular weight is 323 g/mol. The van der Waals surface area contributed by atoms with Crippen molar-refractivity contribution in [1.29, 1.82) is 0 Å². The van der Waals surface area contributed by atoms with Crippen LogP contribution in [0.25, 0.3) is 0 Å². The normalized spacial score (nSPS) is 27.1. The van der Waals surface area contributed by atoms with E-state index < -0.39 is 0 Å². The number of benzene rings is 1. The van der Waals surface area contributed by atoms with Crippen molar-refractivity contribution in [3.63, 3.8) is 0 Å². The minimum absolute atomic E-state index is 0.347. The molecule has 0 aliphatic carbocycles. The summed E-state index contributed by atoms with van der Waals surface area (Å²) in [4.78, 5) is 0. The van der Waals surface area contributed by atoms with Gasteiger partial charge in [-0.05, 0) is 63.7 Å². The summed E-state index contributed by atoms with van der Waals surface area (Å²) in [5.41, 5.74) is 1.59. The van der Waals surface area contributed by atoms with E-state index >= 15 is 0 Å². The molecule has 3 rings (SSSR count).